The molecule has 0 aliphatic carbocycles. The zero-order valence-electron chi connectivity index (χ0n) is 29.5. The van der Waals surface area contributed by atoms with E-state index in [2.05, 4.69) is 14.6 Å². The molecule has 3 aliphatic heterocycles. The number of benzene rings is 3. The molecule has 3 saturated heterocycles. The normalized spacial score (nSPS) is 18.5. The maximum Gasteiger partial charge on any atom is 0.414 e. The van der Waals surface area contributed by atoms with Crippen LogP contribution in [0.2, 0.25) is 10.0 Å². The molecule has 3 fully saturated rings. The number of fused-ring (bicyclic) bond motifs is 3. The Morgan fingerprint density at radius 1 is 0.962 bits per heavy atom. The number of esters is 1. The molecule has 3 aliphatic rings. The second kappa shape index (κ2) is 16.6. The Hall–Kier alpha value is -4.56. The van der Waals surface area contributed by atoms with Crippen molar-refractivity contribution in [2.75, 3.05) is 49.7 Å². The molecule has 12 nitrogen and oxygen atoms in total. The molecule has 4 heterocycles. The Balaban J connectivity index is 1.28. The first-order valence-electron chi connectivity index (χ1n) is 17.0. The average molecular weight is 784 g/mol. The first kappa shape index (κ1) is 38.2. The van der Waals surface area contributed by atoms with Gasteiger partial charge in [-0.15, -0.1) is 0 Å². The van der Waals surface area contributed by atoms with Crippen LogP contribution in [0, 0.1) is 5.92 Å². The van der Waals surface area contributed by atoms with Gasteiger partial charge < -0.3 is 18.9 Å². The predicted molar refractivity (Wildman–Crippen MR) is 203 cm³/mol. The predicted octanol–water partition coefficient (Wildman–Crippen LogP) is 7.16. The number of piperidine rings is 3. The zero-order chi connectivity index (χ0) is 37.7. The number of anilines is 2. The van der Waals surface area contributed by atoms with Gasteiger partial charge in [-0.3, -0.25) is 19.5 Å². The number of methoxy groups -OCH3 is 2. The number of ether oxygens (including phenoxy) is 4. The van der Waals surface area contributed by atoms with E-state index in [4.69, 9.17) is 42.1 Å². The van der Waals surface area contributed by atoms with Crippen LogP contribution in [0.1, 0.15) is 46.0 Å². The third-order valence-electron chi connectivity index (χ3n) is 9.40. The summed E-state index contributed by atoms with van der Waals surface area (Å²) in [6.45, 7) is 2.66. The molecule has 1 aromatic heterocycles. The second-order valence-electron chi connectivity index (χ2n) is 13.1. The number of rotatable bonds is 13. The molecule has 3 aromatic carbocycles. The molecule has 53 heavy (non-hydrogen) atoms. The lowest BCUT2D eigenvalue weighted by atomic mass is 9.86. The number of halogens is 2. The van der Waals surface area contributed by atoms with Gasteiger partial charge in [0.05, 0.1) is 48.3 Å². The van der Waals surface area contributed by atoms with Gasteiger partial charge in [-0.05, 0) is 91.0 Å². The average Bonchev–Trinajstić information content (AvgIpc) is 3.14. The molecule has 2 atom stereocenters. The largest absolute Gasteiger partial charge is 0.493 e. The Morgan fingerprint density at radius 3 is 2.34 bits per heavy atom. The fraction of sp³-hybridized carbons (Fsp3) is 0.342. The number of amides is 1. The summed E-state index contributed by atoms with van der Waals surface area (Å²) in [6, 6.07) is 18.5. The zero-order valence-corrected chi connectivity index (χ0v) is 31.8. The van der Waals surface area contributed by atoms with Crippen molar-refractivity contribution < 1.29 is 37.0 Å². The van der Waals surface area contributed by atoms with Crippen LogP contribution in [0.4, 0.5) is 16.2 Å². The maximum atomic E-state index is 13.9. The van der Waals surface area contributed by atoms with E-state index in [0.29, 0.717) is 56.2 Å². The van der Waals surface area contributed by atoms with Crippen LogP contribution in [0.5, 0.6) is 11.5 Å². The molecule has 0 saturated carbocycles. The number of pyridine rings is 1. The molecule has 0 spiro atoms. The Labute approximate surface area is 318 Å². The minimum Gasteiger partial charge on any atom is -0.493 e. The summed E-state index contributed by atoms with van der Waals surface area (Å²) in [5, 5.41) is 0.643. The lowest BCUT2D eigenvalue weighted by molar-refractivity contribution is -0.0311. The second-order valence-corrected chi connectivity index (χ2v) is 15.6. The summed E-state index contributed by atoms with van der Waals surface area (Å²) in [5.41, 5.74) is 2.71. The van der Waals surface area contributed by atoms with Crippen LogP contribution in [-0.4, -0.2) is 76.6 Å². The monoisotopic (exact) mass is 782 g/mol. The van der Waals surface area contributed by atoms with E-state index in [1.165, 1.54) is 31.5 Å². The van der Waals surface area contributed by atoms with Gasteiger partial charge in [0.25, 0.3) is 0 Å². The van der Waals surface area contributed by atoms with E-state index in [-0.39, 0.29) is 30.6 Å². The van der Waals surface area contributed by atoms with Gasteiger partial charge in [-0.25, -0.2) is 18.0 Å². The molecule has 15 heteroatoms. The van der Waals surface area contributed by atoms with Crippen molar-refractivity contribution in [2.45, 2.75) is 38.0 Å². The minimum absolute atomic E-state index is 0.0186. The fourth-order valence-electron chi connectivity index (χ4n) is 6.73. The number of sulfonamides is 1. The van der Waals surface area contributed by atoms with Crippen LogP contribution in [0.25, 0.3) is 0 Å². The SMILES string of the molecule is COc1ccc([C@H](Cc2c(Cl)cncc2Cl)OC(=O)c2cccc(CN(C(=O)O[C@H]3CN4CCC3CC4)c3cccc(NS(C)(=O)=O)c3)c2)cc1OC. The highest BCUT2D eigenvalue weighted by molar-refractivity contribution is 7.92. The first-order valence-corrected chi connectivity index (χ1v) is 19.6. The molecule has 1 N–H and O–H groups in total. The number of carbonyl (C=O) groups excluding carboxylic acids is 2. The van der Waals surface area contributed by atoms with Gasteiger partial charge in [0.2, 0.25) is 10.0 Å². The van der Waals surface area contributed by atoms with Crippen LogP contribution < -0.4 is 19.1 Å². The van der Waals surface area contributed by atoms with Crippen molar-refractivity contribution in [1.29, 1.82) is 0 Å². The molecular formula is C38H40Cl2N4O8S. The molecule has 280 valence electrons. The van der Waals surface area contributed by atoms with Crippen molar-refractivity contribution in [2.24, 2.45) is 5.92 Å². The smallest absolute Gasteiger partial charge is 0.414 e. The van der Waals surface area contributed by atoms with Gasteiger partial charge in [-0.2, -0.15) is 0 Å². The van der Waals surface area contributed by atoms with E-state index in [1.54, 1.807) is 66.7 Å². The van der Waals surface area contributed by atoms with Crippen molar-refractivity contribution in [1.82, 2.24) is 9.88 Å². The highest BCUT2D eigenvalue weighted by Gasteiger charge is 2.37. The van der Waals surface area contributed by atoms with E-state index in [9.17, 15) is 18.0 Å². The lowest BCUT2D eigenvalue weighted by Crippen LogP contribution is -2.53. The van der Waals surface area contributed by atoms with Gasteiger partial charge in [0.15, 0.2) is 11.5 Å². The molecule has 0 radical (unpaired) electrons. The van der Waals surface area contributed by atoms with E-state index in [0.717, 1.165) is 32.2 Å². The van der Waals surface area contributed by atoms with Crippen LogP contribution in [-0.2, 0) is 32.5 Å². The standard InChI is InChI=1S/C38H40Cl2N4O8S/c1-49-33-11-10-26(17-35(33)50-2)34(19-30-31(39)20-41-21-32(30)40)51-37(45)27-7-4-6-24(16-27)22-44(29-9-5-8-28(18-29)42-53(3,47)48)38(46)52-36-23-43-14-12-25(36)13-15-43/h4-11,16-18,20-21,25,34,36,42H,12-15,19,22-23H2,1-3H3/t34-,36-/m0/s1. The number of aromatic nitrogens is 1. The number of nitrogens with zero attached hydrogens (tertiary/aromatic N) is 3. The number of hydrogen-bond donors (Lipinski definition) is 1. The molecular weight excluding hydrogens is 743 g/mol. The third kappa shape index (κ3) is 9.52. The molecule has 4 aromatic rings. The Kier molecular flexibility index (Phi) is 12.0. The number of nitrogens with one attached hydrogen (secondary N) is 1. The summed E-state index contributed by atoms with van der Waals surface area (Å²) >= 11 is 13.0. The van der Waals surface area contributed by atoms with Gasteiger partial charge in [-0.1, -0.05) is 47.5 Å². The summed E-state index contributed by atoms with van der Waals surface area (Å²) in [5.74, 6) is 0.593. The topological polar surface area (TPSA) is 137 Å². The Bertz CT molecular complexity index is 2060. The van der Waals surface area contributed by atoms with Gasteiger partial charge in [0, 0.05) is 31.0 Å². The highest BCUT2D eigenvalue weighted by atomic mass is 35.5. The van der Waals surface area contributed by atoms with Crippen molar-refractivity contribution >= 4 is 56.7 Å². The van der Waals surface area contributed by atoms with Crippen LogP contribution >= 0.6 is 23.2 Å². The summed E-state index contributed by atoms with van der Waals surface area (Å²) in [6.07, 6.45) is 4.37. The van der Waals surface area contributed by atoms with E-state index >= 15 is 0 Å². The number of carbonyl (C=O) groups is 2. The summed E-state index contributed by atoms with van der Waals surface area (Å²) in [4.78, 5) is 35.6. The van der Waals surface area contributed by atoms with Crippen molar-refractivity contribution in [3.8, 4) is 11.5 Å². The van der Waals surface area contributed by atoms with Crippen molar-refractivity contribution in [3.63, 3.8) is 0 Å². The first-order chi connectivity index (χ1) is 25.4. The fourth-order valence-corrected chi connectivity index (χ4v) is 7.80. The van der Waals surface area contributed by atoms with Gasteiger partial charge >= 0.3 is 12.1 Å². The van der Waals surface area contributed by atoms with Crippen LogP contribution in [0.15, 0.2) is 79.1 Å². The van der Waals surface area contributed by atoms with Crippen molar-refractivity contribution in [3.05, 3.63) is 111 Å². The quantitative estimate of drug-likeness (QED) is 0.139. The molecule has 1 amide bonds. The van der Waals surface area contributed by atoms with Gasteiger partial charge in [0.1, 0.15) is 12.2 Å². The molecule has 2 bridgehead atoms. The highest BCUT2D eigenvalue weighted by Crippen LogP contribution is 2.36. The molecule has 0 unspecified atom stereocenters. The summed E-state index contributed by atoms with van der Waals surface area (Å²) < 4.78 is 49.7. The third-order valence-corrected chi connectivity index (χ3v) is 10.7. The van der Waals surface area contributed by atoms with Crippen LogP contribution in [0.3, 0.4) is 0 Å². The minimum atomic E-state index is -3.58. The lowest BCUT2D eigenvalue weighted by Gasteiger charge is -2.44. The summed E-state index contributed by atoms with van der Waals surface area (Å²) in [7, 11) is -0.536. The maximum absolute atomic E-state index is 13.9. The van der Waals surface area contributed by atoms with E-state index in [1.807, 2.05) is 0 Å². The van der Waals surface area contributed by atoms with E-state index < -0.39 is 28.2 Å². The number of hydrogen-bond acceptors (Lipinski definition) is 10. The molecule has 7 rings (SSSR count). The Morgan fingerprint density at radius 2 is 1.68 bits per heavy atom.